The number of rotatable bonds is 3. The minimum absolute atomic E-state index is 0.230. The Morgan fingerprint density at radius 3 is 2.83 bits per heavy atom. The SMILES string of the molecule is Cn1c(CC2(CN)CCC2)nc2cc(F)ccc21. The molecule has 0 saturated heterocycles. The number of nitrogens with two attached hydrogens (primary N) is 1. The number of hydrogen-bond acceptors (Lipinski definition) is 2. The summed E-state index contributed by atoms with van der Waals surface area (Å²) >= 11 is 0. The van der Waals surface area contributed by atoms with E-state index in [1.54, 1.807) is 6.07 Å². The van der Waals surface area contributed by atoms with Crippen molar-refractivity contribution in [2.45, 2.75) is 25.7 Å². The van der Waals surface area contributed by atoms with Crippen LogP contribution in [-0.2, 0) is 13.5 Å². The molecule has 0 bridgehead atoms. The summed E-state index contributed by atoms with van der Waals surface area (Å²) in [4.78, 5) is 4.56. The zero-order chi connectivity index (χ0) is 12.8. The van der Waals surface area contributed by atoms with Gasteiger partial charge in [0.05, 0.1) is 11.0 Å². The fraction of sp³-hybridized carbons (Fsp3) is 0.500. The first-order valence-corrected chi connectivity index (χ1v) is 6.44. The zero-order valence-corrected chi connectivity index (χ0v) is 10.6. The second kappa shape index (κ2) is 4.05. The predicted molar refractivity (Wildman–Crippen MR) is 69.7 cm³/mol. The maximum atomic E-state index is 13.2. The van der Waals surface area contributed by atoms with Gasteiger partial charge in [0.1, 0.15) is 11.6 Å². The molecule has 0 atom stereocenters. The molecule has 1 aromatic carbocycles. The van der Waals surface area contributed by atoms with Crippen LogP contribution in [0.2, 0.25) is 0 Å². The van der Waals surface area contributed by atoms with Crippen molar-refractivity contribution in [1.82, 2.24) is 9.55 Å². The number of halogens is 1. The molecule has 0 radical (unpaired) electrons. The Bertz CT molecular complexity index is 578. The predicted octanol–water partition coefficient (Wildman–Crippen LogP) is 2.38. The van der Waals surface area contributed by atoms with E-state index < -0.39 is 0 Å². The Hall–Kier alpha value is -1.42. The van der Waals surface area contributed by atoms with Crippen LogP contribution in [0.25, 0.3) is 11.0 Å². The maximum Gasteiger partial charge on any atom is 0.125 e. The lowest BCUT2D eigenvalue weighted by atomic mass is 9.66. The lowest BCUT2D eigenvalue weighted by Gasteiger charge is -2.40. The molecule has 1 aliphatic carbocycles. The van der Waals surface area contributed by atoms with E-state index in [4.69, 9.17) is 5.73 Å². The largest absolute Gasteiger partial charge is 0.331 e. The summed E-state index contributed by atoms with van der Waals surface area (Å²) in [6.07, 6.45) is 4.52. The first-order valence-electron chi connectivity index (χ1n) is 6.44. The molecule has 3 nitrogen and oxygen atoms in total. The van der Waals surface area contributed by atoms with Crippen molar-refractivity contribution in [2.75, 3.05) is 6.54 Å². The van der Waals surface area contributed by atoms with E-state index in [0.29, 0.717) is 6.54 Å². The van der Waals surface area contributed by atoms with Gasteiger partial charge in [-0.05, 0) is 36.9 Å². The molecule has 18 heavy (non-hydrogen) atoms. The van der Waals surface area contributed by atoms with Crippen molar-refractivity contribution in [1.29, 1.82) is 0 Å². The van der Waals surface area contributed by atoms with Crippen molar-refractivity contribution in [2.24, 2.45) is 18.2 Å². The monoisotopic (exact) mass is 247 g/mol. The van der Waals surface area contributed by atoms with E-state index in [-0.39, 0.29) is 11.2 Å². The van der Waals surface area contributed by atoms with Crippen LogP contribution in [0.4, 0.5) is 4.39 Å². The second-order valence-electron chi connectivity index (χ2n) is 5.45. The Morgan fingerprint density at radius 2 is 2.22 bits per heavy atom. The third-order valence-corrected chi connectivity index (χ3v) is 4.32. The number of aryl methyl sites for hydroxylation is 1. The molecule has 2 aromatic rings. The molecule has 96 valence electrons. The van der Waals surface area contributed by atoms with Gasteiger partial charge in [-0.15, -0.1) is 0 Å². The highest BCUT2D eigenvalue weighted by Gasteiger charge is 2.36. The molecule has 1 heterocycles. The quantitative estimate of drug-likeness (QED) is 0.905. The van der Waals surface area contributed by atoms with Crippen LogP contribution in [0.15, 0.2) is 18.2 Å². The van der Waals surface area contributed by atoms with Gasteiger partial charge in [0, 0.05) is 19.5 Å². The van der Waals surface area contributed by atoms with Gasteiger partial charge in [-0.3, -0.25) is 0 Å². The summed E-state index contributed by atoms with van der Waals surface area (Å²) in [6, 6.07) is 4.77. The summed E-state index contributed by atoms with van der Waals surface area (Å²) in [6.45, 7) is 0.713. The molecule has 0 amide bonds. The van der Waals surface area contributed by atoms with E-state index in [2.05, 4.69) is 9.55 Å². The number of hydrogen-bond donors (Lipinski definition) is 1. The van der Waals surface area contributed by atoms with Gasteiger partial charge < -0.3 is 10.3 Å². The Kier molecular flexibility index (Phi) is 2.63. The van der Waals surface area contributed by atoms with Crippen LogP contribution >= 0.6 is 0 Å². The normalized spacial score (nSPS) is 17.9. The fourth-order valence-electron chi connectivity index (χ4n) is 2.85. The standard InChI is InChI=1S/C14H18FN3/c1-18-12-4-3-10(15)7-11(12)17-13(18)8-14(9-16)5-2-6-14/h3-4,7H,2,5-6,8-9,16H2,1H3. The molecular formula is C14H18FN3. The van der Waals surface area contributed by atoms with Gasteiger partial charge in [0.15, 0.2) is 0 Å². The number of fused-ring (bicyclic) bond motifs is 1. The lowest BCUT2D eigenvalue weighted by molar-refractivity contribution is 0.140. The summed E-state index contributed by atoms with van der Waals surface area (Å²) in [5, 5.41) is 0. The van der Waals surface area contributed by atoms with Crippen LogP contribution < -0.4 is 5.73 Å². The molecule has 0 spiro atoms. The van der Waals surface area contributed by atoms with Crippen molar-refractivity contribution >= 4 is 11.0 Å². The Labute approximate surface area is 106 Å². The topological polar surface area (TPSA) is 43.8 Å². The molecule has 3 rings (SSSR count). The smallest absolute Gasteiger partial charge is 0.125 e. The van der Waals surface area contributed by atoms with E-state index in [9.17, 15) is 4.39 Å². The van der Waals surface area contributed by atoms with Crippen LogP contribution in [0.3, 0.4) is 0 Å². The van der Waals surface area contributed by atoms with E-state index >= 15 is 0 Å². The van der Waals surface area contributed by atoms with Crippen molar-refractivity contribution in [3.05, 3.63) is 29.8 Å². The van der Waals surface area contributed by atoms with Gasteiger partial charge in [-0.2, -0.15) is 0 Å². The summed E-state index contributed by atoms with van der Waals surface area (Å²) in [7, 11) is 1.99. The molecule has 0 aliphatic heterocycles. The highest BCUT2D eigenvalue weighted by Crippen LogP contribution is 2.42. The highest BCUT2D eigenvalue weighted by atomic mass is 19.1. The Morgan fingerprint density at radius 1 is 1.44 bits per heavy atom. The molecule has 1 aromatic heterocycles. The average molecular weight is 247 g/mol. The van der Waals surface area contributed by atoms with Gasteiger partial charge in [0.2, 0.25) is 0 Å². The number of benzene rings is 1. The second-order valence-corrected chi connectivity index (χ2v) is 5.45. The lowest BCUT2D eigenvalue weighted by Crippen LogP contribution is -2.39. The summed E-state index contributed by atoms with van der Waals surface area (Å²) in [5.74, 6) is 0.782. The molecular weight excluding hydrogens is 229 g/mol. The van der Waals surface area contributed by atoms with Crippen molar-refractivity contribution in [3.8, 4) is 0 Å². The molecule has 4 heteroatoms. The van der Waals surface area contributed by atoms with Crippen LogP contribution in [0, 0.1) is 11.2 Å². The summed E-state index contributed by atoms with van der Waals surface area (Å²) < 4.78 is 15.2. The van der Waals surface area contributed by atoms with E-state index in [1.807, 2.05) is 7.05 Å². The third kappa shape index (κ3) is 1.72. The molecule has 0 unspecified atom stereocenters. The average Bonchev–Trinajstić information content (AvgIpc) is 2.60. The first kappa shape index (κ1) is 11.7. The minimum atomic E-state index is -0.232. The van der Waals surface area contributed by atoms with Gasteiger partial charge in [-0.1, -0.05) is 6.42 Å². The van der Waals surface area contributed by atoms with E-state index in [1.165, 1.54) is 31.4 Å². The molecule has 2 N–H and O–H groups in total. The maximum absolute atomic E-state index is 13.2. The zero-order valence-electron chi connectivity index (χ0n) is 10.6. The Balaban J connectivity index is 1.99. The first-order chi connectivity index (χ1) is 8.63. The van der Waals surface area contributed by atoms with Gasteiger partial charge in [0.25, 0.3) is 0 Å². The van der Waals surface area contributed by atoms with Gasteiger partial charge in [-0.25, -0.2) is 9.37 Å². The number of aromatic nitrogens is 2. The van der Waals surface area contributed by atoms with Crippen molar-refractivity contribution in [3.63, 3.8) is 0 Å². The van der Waals surface area contributed by atoms with Crippen molar-refractivity contribution < 1.29 is 4.39 Å². The summed E-state index contributed by atoms with van der Waals surface area (Å²) in [5.41, 5.74) is 7.84. The molecule has 1 fully saturated rings. The number of nitrogens with zero attached hydrogens (tertiary/aromatic N) is 2. The van der Waals surface area contributed by atoms with Gasteiger partial charge >= 0.3 is 0 Å². The van der Waals surface area contributed by atoms with E-state index in [0.717, 1.165) is 23.3 Å². The highest BCUT2D eigenvalue weighted by molar-refractivity contribution is 5.75. The molecule has 1 aliphatic rings. The van der Waals surface area contributed by atoms with Crippen LogP contribution in [0.1, 0.15) is 25.1 Å². The number of imidazole rings is 1. The van der Waals surface area contributed by atoms with Crippen LogP contribution in [-0.4, -0.2) is 16.1 Å². The van der Waals surface area contributed by atoms with Crippen LogP contribution in [0.5, 0.6) is 0 Å². The fourth-order valence-corrected chi connectivity index (χ4v) is 2.85. The third-order valence-electron chi connectivity index (χ3n) is 4.32. The molecule has 1 saturated carbocycles. The minimum Gasteiger partial charge on any atom is -0.331 e.